The van der Waals surface area contributed by atoms with Gasteiger partial charge in [0.25, 0.3) is 11.8 Å². The van der Waals surface area contributed by atoms with Gasteiger partial charge in [0.1, 0.15) is 0 Å². The SMILES string of the molecule is O=C(COC(=O)C1CCN(C(=O)c2ccco2)CC1)NCc1cccs1. The maximum Gasteiger partial charge on any atom is 0.309 e. The van der Waals surface area contributed by atoms with Crippen LogP contribution in [0.4, 0.5) is 0 Å². The average molecular weight is 376 g/mol. The molecule has 1 fully saturated rings. The summed E-state index contributed by atoms with van der Waals surface area (Å²) in [6, 6.07) is 7.13. The highest BCUT2D eigenvalue weighted by atomic mass is 32.1. The Labute approximate surface area is 154 Å². The van der Waals surface area contributed by atoms with Gasteiger partial charge in [0.15, 0.2) is 12.4 Å². The van der Waals surface area contributed by atoms with Crippen LogP contribution in [0, 0.1) is 5.92 Å². The average Bonchev–Trinajstić information content (AvgIpc) is 3.37. The lowest BCUT2D eigenvalue weighted by atomic mass is 9.97. The third-order valence-electron chi connectivity index (χ3n) is 4.23. The Hall–Kier alpha value is -2.61. The van der Waals surface area contributed by atoms with Crippen LogP contribution in [0.5, 0.6) is 0 Å². The van der Waals surface area contributed by atoms with Crippen molar-refractivity contribution in [2.24, 2.45) is 5.92 Å². The molecule has 7 nitrogen and oxygen atoms in total. The van der Waals surface area contributed by atoms with Gasteiger partial charge in [-0.1, -0.05) is 6.07 Å². The van der Waals surface area contributed by atoms with Crippen LogP contribution in [0.25, 0.3) is 0 Å². The Balaban J connectivity index is 1.37. The topological polar surface area (TPSA) is 88.9 Å². The van der Waals surface area contributed by atoms with Crippen LogP contribution in [0.2, 0.25) is 0 Å². The van der Waals surface area contributed by atoms with Crippen LogP contribution in [-0.4, -0.2) is 42.4 Å². The first-order valence-electron chi connectivity index (χ1n) is 8.42. The van der Waals surface area contributed by atoms with Crippen molar-refractivity contribution >= 4 is 29.1 Å². The minimum atomic E-state index is -0.388. The Morgan fingerprint density at radius 3 is 2.69 bits per heavy atom. The summed E-state index contributed by atoms with van der Waals surface area (Å²) in [5, 5.41) is 4.65. The summed E-state index contributed by atoms with van der Waals surface area (Å²) < 4.78 is 10.2. The second kappa shape index (κ2) is 8.66. The van der Waals surface area contributed by atoms with E-state index in [1.165, 1.54) is 6.26 Å². The van der Waals surface area contributed by atoms with E-state index in [1.807, 2.05) is 17.5 Å². The zero-order valence-electron chi connectivity index (χ0n) is 14.2. The number of thiophene rings is 1. The van der Waals surface area contributed by atoms with Crippen LogP contribution in [0.15, 0.2) is 40.3 Å². The lowest BCUT2D eigenvalue weighted by Crippen LogP contribution is -2.41. The number of carbonyl (C=O) groups is 3. The molecule has 0 aliphatic carbocycles. The molecular weight excluding hydrogens is 356 g/mol. The zero-order chi connectivity index (χ0) is 18.4. The van der Waals surface area contributed by atoms with Crippen molar-refractivity contribution in [3.63, 3.8) is 0 Å². The first-order chi connectivity index (χ1) is 12.6. The molecule has 8 heteroatoms. The molecule has 1 N–H and O–H groups in total. The number of ether oxygens (including phenoxy) is 1. The lowest BCUT2D eigenvalue weighted by Gasteiger charge is -2.30. The van der Waals surface area contributed by atoms with Crippen molar-refractivity contribution in [1.82, 2.24) is 10.2 Å². The largest absolute Gasteiger partial charge is 0.459 e. The molecular formula is C18H20N2O5S. The summed E-state index contributed by atoms with van der Waals surface area (Å²) in [5.41, 5.74) is 0. The standard InChI is InChI=1S/C18H20N2O5S/c21-16(19-11-14-3-2-10-26-14)12-25-18(23)13-5-7-20(8-6-13)17(22)15-4-1-9-24-15/h1-4,9-10,13H,5-8,11-12H2,(H,19,21). The summed E-state index contributed by atoms with van der Waals surface area (Å²) in [5.74, 6) is -0.873. The first kappa shape index (κ1) is 18.2. The molecule has 3 rings (SSSR count). The van der Waals surface area contributed by atoms with Crippen LogP contribution in [0.1, 0.15) is 28.3 Å². The predicted molar refractivity (Wildman–Crippen MR) is 94.5 cm³/mol. The zero-order valence-corrected chi connectivity index (χ0v) is 15.0. The maximum atomic E-state index is 12.2. The third-order valence-corrected chi connectivity index (χ3v) is 5.11. The normalized spacial score (nSPS) is 14.8. The molecule has 0 atom stereocenters. The monoisotopic (exact) mass is 376 g/mol. The molecule has 0 bridgehead atoms. The lowest BCUT2D eigenvalue weighted by molar-refractivity contribution is -0.153. The molecule has 138 valence electrons. The fourth-order valence-corrected chi connectivity index (χ4v) is 3.42. The Kier molecular flexibility index (Phi) is 6.06. The second-order valence-corrected chi connectivity index (χ2v) is 7.04. The molecule has 26 heavy (non-hydrogen) atoms. The molecule has 0 saturated carbocycles. The molecule has 2 amide bonds. The fraction of sp³-hybridized carbons (Fsp3) is 0.389. The van der Waals surface area contributed by atoms with Gasteiger partial charge in [-0.15, -0.1) is 11.3 Å². The Morgan fingerprint density at radius 2 is 2.04 bits per heavy atom. The smallest absolute Gasteiger partial charge is 0.309 e. The van der Waals surface area contributed by atoms with E-state index in [-0.39, 0.29) is 30.3 Å². The van der Waals surface area contributed by atoms with E-state index >= 15 is 0 Å². The fourth-order valence-electron chi connectivity index (χ4n) is 2.78. The quantitative estimate of drug-likeness (QED) is 0.780. The Morgan fingerprint density at radius 1 is 1.23 bits per heavy atom. The number of nitrogens with zero attached hydrogens (tertiary/aromatic N) is 1. The number of likely N-dealkylation sites (tertiary alicyclic amines) is 1. The minimum absolute atomic E-state index is 0.172. The number of nitrogens with one attached hydrogen (secondary N) is 1. The number of piperidine rings is 1. The van der Waals surface area contributed by atoms with Gasteiger partial charge < -0.3 is 19.4 Å². The van der Waals surface area contributed by atoms with E-state index in [4.69, 9.17) is 9.15 Å². The molecule has 2 aromatic rings. The number of carbonyl (C=O) groups excluding carboxylic acids is 3. The van der Waals surface area contributed by atoms with Crippen LogP contribution >= 0.6 is 11.3 Å². The van der Waals surface area contributed by atoms with Crippen molar-refractivity contribution in [1.29, 1.82) is 0 Å². The Bertz CT molecular complexity index is 734. The highest BCUT2D eigenvalue weighted by Crippen LogP contribution is 2.20. The maximum absolute atomic E-state index is 12.2. The summed E-state index contributed by atoms with van der Waals surface area (Å²) in [7, 11) is 0. The van der Waals surface area contributed by atoms with Crippen LogP contribution < -0.4 is 5.32 Å². The van der Waals surface area contributed by atoms with Crippen molar-refractivity contribution in [2.75, 3.05) is 19.7 Å². The number of amides is 2. The van der Waals surface area contributed by atoms with E-state index in [1.54, 1.807) is 28.4 Å². The van der Waals surface area contributed by atoms with Gasteiger partial charge in [0.05, 0.1) is 18.7 Å². The van der Waals surface area contributed by atoms with Gasteiger partial charge >= 0.3 is 5.97 Å². The van der Waals surface area contributed by atoms with Crippen molar-refractivity contribution in [2.45, 2.75) is 19.4 Å². The van der Waals surface area contributed by atoms with Crippen molar-refractivity contribution < 1.29 is 23.5 Å². The second-order valence-electron chi connectivity index (χ2n) is 6.01. The summed E-state index contributed by atoms with van der Waals surface area (Å²) in [6.45, 7) is 1.07. The number of esters is 1. The van der Waals surface area contributed by atoms with Crippen molar-refractivity contribution in [3.05, 3.63) is 46.5 Å². The summed E-state index contributed by atoms with van der Waals surface area (Å²) >= 11 is 1.55. The molecule has 1 saturated heterocycles. The van der Waals surface area contributed by atoms with E-state index in [2.05, 4.69) is 5.32 Å². The van der Waals surface area contributed by atoms with Gasteiger partial charge in [-0.25, -0.2) is 0 Å². The van der Waals surface area contributed by atoms with Crippen LogP contribution in [-0.2, 0) is 20.9 Å². The van der Waals surface area contributed by atoms with Crippen molar-refractivity contribution in [3.8, 4) is 0 Å². The molecule has 1 aliphatic heterocycles. The third kappa shape index (κ3) is 4.72. The number of hydrogen-bond acceptors (Lipinski definition) is 6. The van der Waals surface area contributed by atoms with Gasteiger partial charge in [-0.05, 0) is 36.4 Å². The van der Waals surface area contributed by atoms with Gasteiger partial charge in [-0.3, -0.25) is 14.4 Å². The molecule has 1 aliphatic rings. The minimum Gasteiger partial charge on any atom is -0.459 e. The van der Waals surface area contributed by atoms with Gasteiger partial charge in [0, 0.05) is 18.0 Å². The number of hydrogen-bond donors (Lipinski definition) is 1. The molecule has 0 radical (unpaired) electrons. The van der Waals surface area contributed by atoms with Gasteiger partial charge in [-0.2, -0.15) is 0 Å². The number of furan rings is 1. The predicted octanol–water partition coefficient (Wildman–Crippen LogP) is 2.05. The molecule has 0 aromatic carbocycles. The molecule has 2 aromatic heterocycles. The summed E-state index contributed by atoms with van der Waals surface area (Å²) in [4.78, 5) is 38.8. The van der Waals surface area contributed by atoms with Gasteiger partial charge in [0.2, 0.25) is 0 Å². The van der Waals surface area contributed by atoms with E-state index in [0.717, 1.165) is 4.88 Å². The molecule has 0 unspecified atom stereocenters. The highest BCUT2D eigenvalue weighted by molar-refractivity contribution is 7.09. The molecule has 3 heterocycles. The first-order valence-corrected chi connectivity index (χ1v) is 9.30. The van der Waals surface area contributed by atoms with E-state index in [9.17, 15) is 14.4 Å². The van der Waals surface area contributed by atoms with Crippen LogP contribution in [0.3, 0.4) is 0 Å². The number of rotatable bonds is 6. The highest BCUT2D eigenvalue weighted by Gasteiger charge is 2.29. The molecule has 0 spiro atoms. The van der Waals surface area contributed by atoms with E-state index in [0.29, 0.717) is 38.2 Å². The summed E-state index contributed by atoms with van der Waals surface area (Å²) in [6.07, 6.45) is 2.49. The van der Waals surface area contributed by atoms with E-state index < -0.39 is 0 Å².